The van der Waals surface area contributed by atoms with E-state index in [4.69, 9.17) is 26.1 Å². The van der Waals surface area contributed by atoms with Gasteiger partial charge in [0.05, 0.1) is 13.7 Å². The van der Waals surface area contributed by atoms with Crippen molar-refractivity contribution < 1.29 is 14.6 Å². The number of phenolic OH excluding ortho intramolecular Hbond substituents is 1. The third kappa shape index (κ3) is 4.68. The Morgan fingerprint density at radius 3 is 2.48 bits per heavy atom. The first-order valence-electron chi connectivity index (χ1n) is 10.3. The average Bonchev–Trinajstić information content (AvgIpc) is 2.81. The molecule has 3 aromatic carbocycles. The van der Waals surface area contributed by atoms with Crippen molar-refractivity contribution >= 4 is 17.3 Å². The molecule has 0 amide bonds. The number of ether oxygens (including phenoxy) is 2. The Morgan fingerprint density at radius 1 is 1.06 bits per heavy atom. The number of aromatic hydroxyl groups is 1. The monoisotopic (exact) mass is 436 g/mol. The lowest BCUT2D eigenvalue weighted by Crippen LogP contribution is -2.33. The highest BCUT2D eigenvalue weighted by Crippen LogP contribution is 2.39. The zero-order chi connectivity index (χ0) is 21.8. The van der Waals surface area contributed by atoms with Crippen molar-refractivity contribution in [3.63, 3.8) is 0 Å². The molecule has 0 saturated heterocycles. The average molecular weight is 437 g/mol. The zero-order valence-electron chi connectivity index (χ0n) is 17.5. The predicted molar refractivity (Wildman–Crippen MR) is 123 cm³/mol. The van der Waals surface area contributed by atoms with E-state index in [1.54, 1.807) is 13.2 Å². The van der Waals surface area contributed by atoms with Gasteiger partial charge in [0.1, 0.15) is 11.9 Å². The fourth-order valence-electron chi connectivity index (χ4n) is 3.77. The van der Waals surface area contributed by atoms with Crippen LogP contribution in [-0.4, -0.2) is 24.5 Å². The Morgan fingerprint density at radius 2 is 1.81 bits per heavy atom. The zero-order valence-corrected chi connectivity index (χ0v) is 18.3. The highest BCUT2D eigenvalue weighted by molar-refractivity contribution is 6.30. The number of nitrogens with zero attached hydrogens (tertiary/aromatic N) is 1. The van der Waals surface area contributed by atoms with Gasteiger partial charge in [0.2, 0.25) is 0 Å². The maximum absolute atomic E-state index is 10.9. The lowest BCUT2D eigenvalue weighted by molar-refractivity contribution is 0.313. The van der Waals surface area contributed by atoms with Crippen molar-refractivity contribution in [2.24, 2.45) is 4.99 Å². The first-order chi connectivity index (χ1) is 15.1. The maximum atomic E-state index is 10.9. The molecule has 5 nitrogen and oxygen atoms in total. The van der Waals surface area contributed by atoms with Crippen molar-refractivity contribution in [2.75, 3.05) is 13.7 Å². The van der Waals surface area contributed by atoms with E-state index in [1.807, 2.05) is 67.6 Å². The third-order valence-electron chi connectivity index (χ3n) is 5.36. The molecule has 0 aliphatic carbocycles. The Bertz CT molecular complexity index is 1070. The van der Waals surface area contributed by atoms with Gasteiger partial charge in [-0.2, -0.15) is 0 Å². The van der Waals surface area contributed by atoms with Crippen LogP contribution in [0.1, 0.15) is 42.2 Å². The molecule has 0 fully saturated rings. The molecule has 0 spiro atoms. The number of nitrogens with one attached hydrogen (secondary N) is 1. The number of methoxy groups -OCH3 is 1. The summed E-state index contributed by atoms with van der Waals surface area (Å²) in [5.74, 6) is 1.44. The van der Waals surface area contributed by atoms with Crippen LogP contribution in [0.2, 0.25) is 5.02 Å². The van der Waals surface area contributed by atoms with Gasteiger partial charge in [0.25, 0.3) is 0 Å². The van der Waals surface area contributed by atoms with E-state index in [9.17, 15) is 5.11 Å². The van der Waals surface area contributed by atoms with E-state index >= 15 is 0 Å². The summed E-state index contributed by atoms with van der Waals surface area (Å²) in [6.45, 7) is 2.39. The van der Waals surface area contributed by atoms with Crippen LogP contribution in [0.4, 0.5) is 0 Å². The number of hydrogen-bond donors (Lipinski definition) is 2. The van der Waals surface area contributed by atoms with Crippen LogP contribution >= 0.6 is 11.6 Å². The van der Waals surface area contributed by atoms with Crippen LogP contribution in [-0.2, 0) is 0 Å². The molecule has 31 heavy (non-hydrogen) atoms. The fourth-order valence-corrected chi connectivity index (χ4v) is 3.90. The second-order valence-corrected chi connectivity index (χ2v) is 7.75. The molecular formula is C25H25ClN2O3. The van der Waals surface area contributed by atoms with Crippen molar-refractivity contribution in [3.05, 3.63) is 88.4 Å². The highest BCUT2D eigenvalue weighted by atomic mass is 35.5. The molecule has 0 saturated carbocycles. The normalized spacial score (nSPS) is 18.4. The highest BCUT2D eigenvalue weighted by Gasteiger charge is 2.28. The summed E-state index contributed by atoms with van der Waals surface area (Å²) in [5, 5.41) is 15.1. The van der Waals surface area contributed by atoms with Crippen molar-refractivity contribution in [1.29, 1.82) is 0 Å². The molecule has 2 atom stereocenters. The number of halogens is 1. The van der Waals surface area contributed by atoms with E-state index in [0.29, 0.717) is 23.8 Å². The Kier molecular flexibility index (Phi) is 6.44. The second kappa shape index (κ2) is 9.41. The lowest BCUT2D eigenvalue weighted by Gasteiger charge is -2.31. The number of phenols is 1. The van der Waals surface area contributed by atoms with E-state index in [1.165, 1.54) is 0 Å². The van der Waals surface area contributed by atoms with Gasteiger partial charge in [-0.25, -0.2) is 0 Å². The number of aliphatic imine (C=N–C) groups is 1. The maximum Gasteiger partial charge on any atom is 0.162 e. The number of benzene rings is 3. The molecule has 3 aromatic rings. The van der Waals surface area contributed by atoms with Crippen LogP contribution in [0, 0.1) is 0 Å². The lowest BCUT2D eigenvalue weighted by atomic mass is 9.93. The molecule has 160 valence electrons. The summed E-state index contributed by atoms with van der Waals surface area (Å²) in [5.41, 5.74) is 3.76. The van der Waals surface area contributed by atoms with Gasteiger partial charge < -0.3 is 14.6 Å². The Balaban J connectivity index is 1.73. The van der Waals surface area contributed by atoms with Crippen LogP contribution in [0.15, 0.2) is 71.7 Å². The summed E-state index contributed by atoms with van der Waals surface area (Å²) in [4.78, 5) is 4.98. The quantitative estimate of drug-likeness (QED) is 0.522. The molecule has 4 rings (SSSR count). The first kappa shape index (κ1) is 21.2. The summed E-state index contributed by atoms with van der Waals surface area (Å²) in [7, 11) is 1.65. The fraction of sp³-hybridized carbons (Fsp3) is 0.240. The second-order valence-electron chi connectivity index (χ2n) is 7.31. The molecule has 6 heteroatoms. The summed E-state index contributed by atoms with van der Waals surface area (Å²) < 4.78 is 10.9. The molecule has 1 aliphatic heterocycles. The van der Waals surface area contributed by atoms with E-state index in [0.717, 1.165) is 28.2 Å². The molecular weight excluding hydrogens is 412 g/mol. The molecule has 0 unspecified atom stereocenters. The Labute approximate surface area is 187 Å². The van der Waals surface area contributed by atoms with Crippen LogP contribution in [0.3, 0.4) is 0 Å². The molecule has 0 radical (unpaired) electrons. The van der Waals surface area contributed by atoms with Crippen LogP contribution in [0.5, 0.6) is 17.2 Å². The minimum Gasteiger partial charge on any atom is -0.504 e. The molecule has 0 bridgehead atoms. The molecule has 1 heterocycles. The van der Waals surface area contributed by atoms with E-state index < -0.39 is 0 Å². The number of para-hydroxylation sites is 1. The van der Waals surface area contributed by atoms with Gasteiger partial charge in [0.15, 0.2) is 11.5 Å². The van der Waals surface area contributed by atoms with Crippen LogP contribution in [0.25, 0.3) is 0 Å². The summed E-state index contributed by atoms with van der Waals surface area (Å²) in [6.07, 6.45) is 0.350. The van der Waals surface area contributed by atoms with Crippen molar-refractivity contribution in [3.8, 4) is 17.2 Å². The van der Waals surface area contributed by atoms with Gasteiger partial charge in [-0.3, -0.25) is 10.3 Å². The first-order valence-corrected chi connectivity index (χ1v) is 10.6. The van der Waals surface area contributed by atoms with Gasteiger partial charge in [-0.15, -0.1) is 0 Å². The predicted octanol–water partition coefficient (Wildman–Crippen LogP) is 5.68. The summed E-state index contributed by atoms with van der Waals surface area (Å²) in [6, 6.07) is 21.0. The van der Waals surface area contributed by atoms with Gasteiger partial charge in [0, 0.05) is 28.8 Å². The summed E-state index contributed by atoms with van der Waals surface area (Å²) >= 11 is 6.08. The minimum atomic E-state index is -0.275. The Hall–Kier alpha value is -3.02. The largest absolute Gasteiger partial charge is 0.504 e. The van der Waals surface area contributed by atoms with Gasteiger partial charge in [-0.05, 0) is 60.5 Å². The topological polar surface area (TPSA) is 63.1 Å². The number of hydrogen-bond acceptors (Lipinski definition) is 5. The molecule has 2 N–H and O–H groups in total. The molecule has 0 aromatic heterocycles. The van der Waals surface area contributed by atoms with Gasteiger partial charge >= 0.3 is 0 Å². The minimum absolute atomic E-state index is 0.143. The van der Waals surface area contributed by atoms with E-state index in [2.05, 4.69) is 5.32 Å². The van der Waals surface area contributed by atoms with Crippen molar-refractivity contribution in [2.45, 2.75) is 25.6 Å². The smallest absolute Gasteiger partial charge is 0.162 e. The SMILES string of the molecule is CCOc1cccc([C@@H]2CC(c3ccc(OC)cc3)=N[C@@H](c3ccc(Cl)cc3)N2)c1O. The molecule has 1 aliphatic rings. The van der Waals surface area contributed by atoms with E-state index in [-0.39, 0.29) is 18.0 Å². The van der Waals surface area contributed by atoms with Crippen molar-refractivity contribution in [1.82, 2.24) is 5.32 Å². The third-order valence-corrected chi connectivity index (χ3v) is 5.61. The van der Waals surface area contributed by atoms with Gasteiger partial charge in [-0.1, -0.05) is 35.9 Å². The van der Waals surface area contributed by atoms with Crippen LogP contribution < -0.4 is 14.8 Å². The standard InChI is InChI=1S/C25H25ClN2O3/c1-3-31-23-6-4-5-20(24(23)29)22-15-21(16-9-13-19(30-2)14-10-16)27-25(28-22)17-7-11-18(26)12-8-17/h4-14,22,25,28-29H,3,15H2,1-2H3/t22-,25+/m0/s1. The number of rotatable bonds is 6.